The Kier molecular flexibility index (Phi) is 5.77. The smallest absolute Gasteiger partial charge is 0.410 e. The SMILES string of the molecule is O=C(Nc1ccccc1C(=O)c1ccc(OC(F)(F)F)cc1)Oc1ccncc1. The van der Waals surface area contributed by atoms with E-state index in [2.05, 4.69) is 15.0 Å². The summed E-state index contributed by atoms with van der Waals surface area (Å²) in [5.74, 6) is -0.675. The number of nitrogens with zero attached hydrogens (tertiary/aromatic N) is 1. The van der Waals surface area contributed by atoms with Crippen LogP contribution >= 0.6 is 0 Å². The Morgan fingerprint density at radius 1 is 0.862 bits per heavy atom. The monoisotopic (exact) mass is 402 g/mol. The topological polar surface area (TPSA) is 77.5 Å². The molecule has 0 aliphatic rings. The maximum atomic E-state index is 12.7. The van der Waals surface area contributed by atoms with Crippen LogP contribution in [0.15, 0.2) is 73.1 Å². The van der Waals surface area contributed by atoms with E-state index in [9.17, 15) is 22.8 Å². The molecule has 6 nitrogen and oxygen atoms in total. The number of halogens is 3. The number of ether oxygens (including phenoxy) is 2. The van der Waals surface area contributed by atoms with E-state index in [1.165, 1.54) is 48.8 Å². The fourth-order valence-electron chi connectivity index (χ4n) is 2.40. The number of alkyl halides is 3. The summed E-state index contributed by atoms with van der Waals surface area (Å²) in [7, 11) is 0. The van der Waals surface area contributed by atoms with Crippen molar-refractivity contribution in [1.82, 2.24) is 4.98 Å². The number of anilines is 1. The molecule has 0 radical (unpaired) electrons. The highest BCUT2D eigenvalue weighted by Crippen LogP contribution is 2.25. The molecule has 3 aromatic rings. The lowest BCUT2D eigenvalue weighted by Crippen LogP contribution is -2.19. The van der Waals surface area contributed by atoms with Crippen molar-refractivity contribution in [2.75, 3.05) is 5.32 Å². The van der Waals surface area contributed by atoms with Gasteiger partial charge < -0.3 is 9.47 Å². The van der Waals surface area contributed by atoms with Gasteiger partial charge in [0.25, 0.3) is 0 Å². The van der Waals surface area contributed by atoms with Gasteiger partial charge >= 0.3 is 12.5 Å². The molecule has 0 spiro atoms. The third-order valence-electron chi connectivity index (χ3n) is 3.62. The lowest BCUT2D eigenvalue weighted by atomic mass is 10.0. The molecular weight excluding hydrogens is 389 g/mol. The summed E-state index contributed by atoms with van der Waals surface area (Å²) in [6.45, 7) is 0. The van der Waals surface area contributed by atoms with Gasteiger partial charge in [0.1, 0.15) is 11.5 Å². The molecule has 1 N–H and O–H groups in total. The van der Waals surface area contributed by atoms with Crippen molar-refractivity contribution >= 4 is 17.6 Å². The Labute approximate surface area is 162 Å². The molecule has 148 valence electrons. The van der Waals surface area contributed by atoms with Gasteiger partial charge in [-0.05, 0) is 48.5 Å². The normalized spacial score (nSPS) is 10.9. The average Bonchev–Trinajstić information content (AvgIpc) is 2.68. The zero-order valence-electron chi connectivity index (χ0n) is 14.6. The van der Waals surface area contributed by atoms with Gasteiger partial charge in [-0.1, -0.05) is 12.1 Å². The van der Waals surface area contributed by atoms with Crippen LogP contribution in [0.2, 0.25) is 0 Å². The lowest BCUT2D eigenvalue weighted by molar-refractivity contribution is -0.274. The molecule has 0 saturated carbocycles. The van der Waals surface area contributed by atoms with Crippen molar-refractivity contribution < 1.29 is 32.2 Å². The van der Waals surface area contributed by atoms with Crippen LogP contribution in [0.3, 0.4) is 0 Å². The molecule has 0 unspecified atom stereocenters. The average molecular weight is 402 g/mol. The van der Waals surface area contributed by atoms with Crippen LogP contribution in [-0.2, 0) is 0 Å². The van der Waals surface area contributed by atoms with Crippen molar-refractivity contribution in [2.24, 2.45) is 0 Å². The number of nitrogens with one attached hydrogen (secondary N) is 1. The van der Waals surface area contributed by atoms with E-state index in [-0.39, 0.29) is 22.6 Å². The van der Waals surface area contributed by atoms with Crippen molar-refractivity contribution in [2.45, 2.75) is 6.36 Å². The number of pyridine rings is 1. The molecule has 3 rings (SSSR count). The molecular formula is C20H13F3N2O4. The van der Waals surface area contributed by atoms with Crippen molar-refractivity contribution in [3.63, 3.8) is 0 Å². The molecule has 0 fully saturated rings. The van der Waals surface area contributed by atoms with Crippen LogP contribution in [0.1, 0.15) is 15.9 Å². The number of rotatable bonds is 5. The Morgan fingerprint density at radius 3 is 2.17 bits per heavy atom. The van der Waals surface area contributed by atoms with Crippen molar-refractivity contribution in [3.8, 4) is 11.5 Å². The standard InChI is InChI=1S/C20H13F3N2O4/c21-20(22,23)29-15-7-5-13(6-8-15)18(26)16-3-1-2-4-17(16)25-19(27)28-14-9-11-24-12-10-14/h1-12H,(H,25,27). The van der Waals surface area contributed by atoms with Gasteiger partial charge in [0.15, 0.2) is 5.78 Å². The molecule has 0 aliphatic carbocycles. The summed E-state index contributed by atoms with van der Waals surface area (Å²) in [6.07, 6.45) is -2.74. The molecule has 0 saturated heterocycles. The van der Waals surface area contributed by atoms with Gasteiger partial charge in [-0.3, -0.25) is 15.1 Å². The predicted octanol–water partition coefficient (Wildman–Crippen LogP) is 4.82. The number of carbonyl (C=O) groups is 2. The minimum Gasteiger partial charge on any atom is -0.410 e. The van der Waals surface area contributed by atoms with E-state index in [0.29, 0.717) is 0 Å². The van der Waals surface area contributed by atoms with Gasteiger partial charge in [0, 0.05) is 23.5 Å². The van der Waals surface area contributed by atoms with Crippen LogP contribution < -0.4 is 14.8 Å². The summed E-state index contributed by atoms with van der Waals surface area (Å²) in [6, 6.07) is 13.6. The maximum absolute atomic E-state index is 12.7. The summed E-state index contributed by atoms with van der Waals surface area (Å²) >= 11 is 0. The largest absolute Gasteiger partial charge is 0.573 e. The first-order chi connectivity index (χ1) is 13.8. The number of hydrogen-bond acceptors (Lipinski definition) is 5. The summed E-state index contributed by atoms with van der Waals surface area (Å²) in [5.41, 5.74) is 0.451. The second-order valence-corrected chi connectivity index (χ2v) is 5.64. The van der Waals surface area contributed by atoms with E-state index >= 15 is 0 Å². The van der Waals surface area contributed by atoms with E-state index in [1.807, 2.05) is 0 Å². The fourth-order valence-corrected chi connectivity index (χ4v) is 2.40. The first-order valence-corrected chi connectivity index (χ1v) is 8.20. The molecule has 2 aromatic carbocycles. The fraction of sp³-hybridized carbons (Fsp3) is 0.0500. The number of aromatic nitrogens is 1. The second kappa shape index (κ2) is 8.42. The van der Waals surface area contributed by atoms with Gasteiger partial charge in [-0.25, -0.2) is 4.79 Å². The van der Waals surface area contributed by atoms with Crippen LogP contribution in [-0.4, -0.2) is 23.2 Å². The minimum absolute atomic E-state index is 0.122. The number of para-hydroxylation sites is 1. The quantitative estimate of drug-likeness (QED) is 0.619. The third kappa shape index (κ3) is 5.55. The summed E-state index contributed by atoms with van der Waals surface area (Å²) in [4.78, 5) is 28.6. The van der Waals surface area contributed by atoms with Gasteiger partial charge in [0.05, 0.1) is 5.69 Å². The van der Waals surface area contributed by atoms with Gasteiger partial charge in [-0.15, -0.1) is 13.2 Å². The Morgan fingerprint density at radius 2 is 1.52 bits per heavy atom. The van der Waals surface area contributed by atoms with Crippen LogP contribution in [0, 0.1) is 0 Å². The molecule has 1 amide bonds. The number of carbonyl (C=O) groups excluding carboxylic acids is 2. The Balaban J connectivity index is 1.75. The first kappa shape index (κ1) is 19.9. The highest BCUT2D eigenvalue weighted by Gasteiger charge is 2.31. The third-order valence-corrected chi connectivity index (χ3v) is 3.62. The van der Waals surface area contributed by atoms with E-state index < -0.39 is 24.0 Å². The molecule has 9 heteroatoms. The number of ketones is 1. The van der Waals surface area contributed by atoms with E-state index in [1.54, 1.807) is 12.1 Å². The van der Waals surface area contributed by atoms with Crippen LogP contribution in [0.5, 0.6) is 11.5 Å². The molecule has 0 atom stereocenters. The van der Waals surface area contributed by atoms with E-state index in [0.717, 1.165) is 12.1 Å². The number of amides is 1. The first-order valence-electron chi connectivity index (χ1n) is 8.20. The van der Waals surface area contributed by atoms with Crippen LogP contribution in [0.25, 0.3) is 0 Å². The summed E-state index contributed by atoms with van der Waals surface area (Å²) < 4.78 is 45.6. The predicted molar refractivity (Wildman–Crippen MR) is 96.9 cm³/mol. The zero-order chi connectivity index (χ0) is 20.9. The maximum Gasteiger partial charge on any atom is 0.573 e. The Bertz CT molecular complexity index is 1010. The van der Waals surface area contributed by atoms with Gasteiger partial charge in [0.2, 0.25) is 0 Å². The number of benzene rings is 2. The molecule has 1 heterocycles. The second-order valence-electron chi connectivity index (χ2n) is 5.64. The highest BCUT2D eigenvalue weighted by atomic mass is 19.4. The van der Waals surface area contributed by atoms with Crippen molar-refractivity contribution in [3.05, 3.63) is 84.2 Å². The zero-order valence-corrected chi connectivity index (χ0v) is 14.6. The van der Waals surface area contributed by atoms with E-state index in [4.69, 9.17) is 4.74 Å². The highest BCUT2D eigenvalue weighted by molar-refractivity contribution is 6.13. The minimum atomic E-state index is -4.82. The van der Waals surface area contributed by atoms with Crippen molar-refractivity contribution in [1.29, 1.82) is 0 Å². The van der Waals surface area contributed by atoms with Crippen LogP contribution in [0.4, 0.5) is 23.7 Å². The molecule has 0 aliphatic heterocycles. The van der Waals surface area contributed by atoms with Gasteiger partial charge in [-0.2, -0.15) is 0 Å². The number of hydrogen-bond donors (Lipinski definition) is 1. The summed E-state index contributed by atoms with van der Waals surface area (Å²) in [5, 5.41) is 2.48. The lowest BCUT2D eigenvalue weighted by Gasteiger charge is -2.11. The molecule has 0 bridgehead atoms. The Hall–Kier alpha value is -3.88. The molecule has 29 heavy (non-hydrogen) atoms. The molecule has 1 aromatic heterocycles.